The van der Waals surface area contributed by atoms with Crippen LogP contribution in [0.3, 0.4) is 0 Å². The van der Waals surface area contributed by atoms with Crippen LogP contribution in [0.25, 0.3) is 0 Å². The Morgan fingerprint density at radius 2 is 2.13 bits per heavy atom. The molecule has 0 aromatic carbocycles. The number of nitrogens with zero attached hydrogens (tertiary/aromatic N) is 1. The fourth-order valence-corrected chi connectivity index (χ4v) is 1.96. The molecule has 2 atom stereocenters. The molecule has 4 heteroatoms. The molecular formula is C11H20BrNO2. The molecule has 88 valence electrons. The van der Waals surface area contributed by atoms with Gasteiger partial charge in [-0.15, -0.1) is 0 Å². The standard InChI is InChI=1S/C11H20BrNO2/c1-8-5-6-9(15-8)10(14)13(4)11(2,3)7-12/h8-9H,5-7H2,1-4H3. The summed E-state index contributed by atoms with van der Waals surface area (Å²) < 4.78 is 5.58. The molecule has 1 saturated heterocycles. The Hall–Kier alpha value is -0.0900. The predicted molar refractivity (Wildman–Crippen MR) is 64.2 cm³/mol. The van der Waals surface area contributed by atoms with Gasteiger partial charge in [-0.05, 0) is 33.6 Å². The van der Waals surface area contributed by atoms with Gasteiger partial charge < -0.3 is 9.64 Å². The summed E-state index contributed by atoms with van der Waals surface area (Å²) in [6, 6.07) is 0. The van der Waals surface area contributed by atoms with Crippen molar-refractivity contribution in [3.05, 3.63) is 0 Å². The Bertz CT molecular complexity index is 243. The van der Waals surface area contributed by atoms with Gasteiger partial charge in [0.05, 0.1) is 6.10 Å². The van der Waals surface area contributed by atoms with Crippen molar-refractivity contribution in [3.63, 3.8) is 0 Å². The molecule has 1 fully saturated rings. The third kappa shape index (κ3) is 2.94. The van der Waals surface area contributed by atoms with E-state index in [2.05, 4.69) is 15.9 Å². The Kier molecular flexibility index (Phi) is 4.18. The van der Waals surface area contributed by atoms with Crippen molar-refractivity contribution in [2.75, 3.05) is 12.4 Å². The van der Waals surface area contributed by atoms with Crippen LogP contribution in [0.1, 0.15) is 33.6 Å². The Labute approximate surface area is 100 Å². The summed E-state index contributed by atoms with van der Waals surface area (Å²) in [6.07, 6.45) is 1.82. The molecule has 0 saturated carbocycles. The van der Waals surface area contributed by atoms with Crippen molar-refractivity contribution in [2.24, 2.45) is 0 Å². The minimum absolute atomic E-state index is 0.101. The second kappa shape index (κ2) is 4.83. The second-order valence-electron chi connectivity index (χ2n) is 4.86. The van der Waals surface area contributed by atoms with Gasteiger partial charge in [-0.2, -0.15) is 0 Å². The highest BCUT2D eigenvalue weighted by atomic mass is 79.9. The maximum Gasteiger partial charge on any atom is 0.251 e. The quantitative estimate of drug-likeness (QED) is 0.741. The summed E-state index contributed by atoms with van der Waals surface area (Å²) in [5.74, 6) is 0.101. The number of alkyl halides is 1. The molecule has 0 aromatic rings. The van der Waals surface area contributed by atoms with Crippen LogP contribution in [-0.2, 0) is 9.53 Å². The van der Waals surface area contributed by atoms with Crippen molar-refractivity contribution < 1.29 is 9.53 Å². The van der Waals surface area contributed by atoms with Crippen molar-refractivity contribution in [2.45, 2.75) is 51.4 Å². The zero-order valence-electron chi connectivity index (χ0n) is 9.92. The van der Waals surface area contributed by atoms with Gasteiger partial charge in [0.25, 0.3) is 5.91 Å². The first-order valence-corrected chi connectivity index (χ1v) is 6.49. The number of carbonyl (C=O) groups excluding carboxylic acids is 1. The molecule has 15 heavy (non-hydrogen) atoms. The summed E-state index contributed by atoms with van der Waals surface area (Å²) in [5, 5.41) is 0.768. The van der Waals surface area contributed by atoms with E-state index in [1.807, 2.05) is 27.8 Å². The number of likely N-dealkylation sites (N-methyl/N-ethyl adjacent to an activating group) is 1. The van der Waals surface area contributed by atoms with Crippen molar-refractivity contribution in [3.8, 4) is 0 Å². The lowest BCUT2D eigenvalue weighted by Crippen LogP contribution is -2.50. The number of amides is 1. The maximum atomic E-state index is 12.1. The van der Waals surface area contributed by atoms with Crippen LogP contribution in [0.15, 0.2) is 0 Å². The maximum absolute atomic E-state index is 12.1. The molecule has 0 aliphatic carbocycles. The highest BCUT2D eigenvalue weighted by Crippen LogP contribution is 2.24. The van der Waals surface area contributed by atoms with Gasteiger partial charge in [0.15, 0.2) is 0 Å². The number of hydrogen-bond acceptors (Lipinski definition) is 2. The van der Waals surface area contributed by atoms with E-state index in [4.69, 9.17) is 4.74 Å². The minimum Gasteiger partial charge on any atom is -0.365 e. The average Bonchev–Trinajstić information content (AvgIpc) is 2.62. The first-order valence-electron chi connectivity index (χ1n) is 5.37. The van der Waals surface area contributed by atoms with Gasteiger partial charge in [0.2, 0.25) is 0 Å². The van der Waals surface area contributed by atoms with E-state index < -0.39 is 0 Å². The van der Waals surface area contributed by atoms with Crippen LogP contribution in [0.5, 0.6) is 0 Å². The van der Waals surface area contributed by atoms with E-state index in [1.165, 1.54) is 0 Å². The minimum atomic E-state index is -0.233. The number of rotatable bonds is 3. The highest BCUT2D eigenvalue weighted by molar-refractivity contribution is 9.09. The van der Waals surface area contributed by atoms with E-state index in [0.29, 0.717) is 0 Å². The predicted octanol–water partition coefficient (Wildman–Crippen LogP) is 2.19. The third-order valence-corrected chi connectivity index (χ3v) is 4.45. The van der Waals surface area contributed by atoms with Crippen molar-refractivity contribution >= 4 is 21.8 Å². The molecule has 3 nitrogen and oxygen atoms in total. The normalized spacial score (nSPS) is 26.7. The van der Waals surface area contributed by atoms with E-state index in [0.717, 1.165) is 18.2 Å². The third-order valence-electron chi connectivity index (χ3n) is 3.07. The fourth-order valence-electron chi connectivity index (χ4n) is 1.59. The van der Waals surface area contributed by atoms with E-state index in [-0.39, 0.29) is 23.7 Å². The van der Waals surface area contributed by atoms with Crippen LogP contribution < -0.4 is 0 Å². The van der Waals surface area contributed by atoms with Crippen molar-refractivity contribution in [1.29, 1.82) is 0 Å². The first-order chi connectivity index (χ1) is 6.88. The zero-order chi connectivity index (χ0) is 11.6. The van der Waals surface area contributed by atoms with Gasteiger partial charge in [-0.3, -0.25) is 4.79 Å². The molecular weight excluding hydrogens is 258 g/mol. The Morgan fingerprint density at radius 1 is 1.53 bits per heavy atom. The number of halogens is 1. The molecule has 1 amide bonds. The summed E-state index contributed by atoms with van der Waals surface area (Å²) in [5.41, 5.74) is -0.160. The average molecular weight is 278 g/mol. The summed E-state index contributed by atoms with van der Waals surface area (Å²) in [4.78, 5) is 13.9. The molecule has 1 aliphatic heterocycles. The molecule has 2 unspecified atom stereocenters. The lowest BCUT2D eigenvalue weighted by molar-refractivity contribution is -0.145. The molecule has 0 aromatic heterocycles. The number of carbonyl (C=O) groups is 1. The Balaban J connectivity index is 2.60. The van der Waals surface area contributed by atoms with Gasteiger partial charge >= 0.3 is 0 Å². The summed E-state index contributed by atoms with van der Waals surface area (Å²) >= 11 is 3.43. The van der Waals surface area contributed by atoms with Crippen LogP contribution in [-0.4, -0.2) is 40.9 Å². The molecule has 0 spiro atoms. The lowest BCUT2D eigenvalue weighted by atomic mass is 10.1. The zero-order valence-corrected chi connectivity index (χ0v) is 11.5. The largest absolute Gasteiger partial charge is 0.365 e. The SMILES string of the molecule is CC1CCC(C(=O)N(C)C(C)(C)CBr)O1. The monoisotopic (exact) mass is 277 g/mol. The van der Waals surface area contributed by atoms with Crippen LogP contribution in [0.4, 0.5) is 0 Å². The topological polar surface area (TPSA) is 29.5 Å². The summed E-state index contributed by atoms with van der Waals surface area (Å²) in [6.45, 7) is 6.10. The molecule has 1 rings (SSSR count). The molecule has 0 bridgehead atoms. The molecule has 0 radical (unpaired) electrons. The molecule has 0 N–H and O–H groups in total. The molecule has 1 heterocycles. The van der Waals surface area contributed by atoms with E-state index >= 15 is 0 Å². The van der Waals surface area contributed by atoms with Crippen LogP contribution in [0, 0.1) is 0 Å². The summed E-state index contributed by atoms with van der Waals surface area (Å²) in [7, 11) is 1.84. The second-order valence-corrected chi connectivity index (χ2v) is 5.42. The van der Waals surface area contributed by atoms with Crippen molar-refractivity contribution in [1.82, 2.24) is 4.90 Å². The van der Waals surface area contributed by atoms with Crippen LogP contribution >= 0.6 is 15.9 Å². The van der Waals surface area contributed by atoms with Crippen LogP contribution in [0.2, 0.25) is 0 Å². The van der Waals surface area contributed by atoms with Gasteiger partial charge in [-0.1, -0.05) is 15.9 Å². The smallest absolute Gasteiger partial charge is 0.251 e. The molecule has 1 aliphatic rings. The van der Waals surface area contributed by atoms with Gasteiger partial charge in [0.1, 0.15) is 6.10 Å². The van der Waals surface area contributed by atoms with Gasteiger partial charge in [-0.25, -0.2) is 0 Å². The Morgan fingerprint density at radius 3 is 2.53 bits per heavy atom. The lowest BCUT2D eigenvalue weighted by Gasteiger charge is -2.35. The van der Waals surface area contributed by atoms with Gasteiger partial charge in [0, 0.05) is 17.9 Å². The number of hydrogen-bond donors (Lipinski definition) is 0. The van der Waals surface area contributed by atoms with E-state index in [9.17, 15) is 4.79 Å². The highest BCUT2D eigenvalue weighted by Gasteiger charge is 2.35. The van der Waals surface area contributed by atoms with E-state index in [1.54, 1.807) is 4.90 Å². The number of ether oxygens (including phenoxy) is 1. The first kappa shape index (κ1) is 13.0. The fraction of sp³-hybridized carbons (Fsp3) is 0.909.